The fraction of sp³-hybridized carbons (Fsp3) is 0.397. The first-order chi connectivity index (χ1) is 38.9. The summed E-state index contributed by atoms with van der Waals surface area (Å²) in [4.78, 5) is 77.8. The van der Waals surface area contributed by atoms with Crippen LogP contribution in [0.2, 0.25) is 5.02 Å². The van der Waals surface area contributed by atoms with Gasteiger partial charge in [-0.15, -0.1) is 0 Å². The van der Waals surface area contributed by atoms with E-state index in [1.165, 1.54) is 39.1 Å². The Labute approximate surface area is 474 Å². The normalized spacial score (nSPS) is 17.4. The number of halogens is 2. The molecule has 0 unspecified atom stereocenters. The lowest BCUT2D eigenvalue weighted by Gasteiger charge is -2.39. The zero-order chi connectivity index (χ0) is 58.1. The molecule has 0 saturated carbocycles. The summed E-state index contributed by atoms with van der Waals surface area (Å²) in [6.45, 7) is 13.2. The van der Waals surface area contributed by atoms with Crippen molar-refractivity contribution in [3.63, 3.8) is 0 Å². The summed E-state index contributed by atoms with van der Waals surface area (Å²) in [5.74, 6) is -0.104. The molecule has 3 aliphatic heterocycles. The van der Waals surface area contributed by atoms with Crippen LogP contribution in [0.5, 0.6) is 17.4 Å². The number of methoxy groups -OCH3 is 1. The monoisotopic (exact) mass is 1130 g/mol. The van der Waals surface area contributed by atoms with Crippen LogP contribution < -0.4 is 19.9 Å². The molecule has 3 aromatic carbocycles. The average Bonchev–Trinajstić information content (AvgIpc) is 4.07. The van der Waals surface area contributed by atoms with Gasteiger partial charge in [0.1, 0.15) is 47.9 Å². The van der Waals surface area contributed by atoms with Gasteiger partial charge in [0.05, 0.1) is 93.9 Å². The Bertz CT molecular complexity index is 3270. The van der Waals surface area contributed by atoms with E-state index in [9.17, 15) is 28.8 Å². The van der Waals surface area contributed by atoms with Gasteiger partial charge in [0.2, 0.25) is 11.8 Å². The van der Waals surface area contributed by atoms with Gasteiger partial charge in [0.15, 0.2) is 11.5 Å². The van der Waals surface area contributed by atoms with Crippen molar-refractivity contribution in [2.24, 2.45) is 4.99 Å². The molecular formula is C58H66ClFN12O9. The molecule has 81 heavy (non-hydrogen) atoms. The van der Waals surface area contributed by atoms with E-state index in [0.29, 0.717) is 45.7 Å². The molecule has 0 aliphatic carbocycles. The number of aliphatic imine (C=N–C) groups is 1. The van der Waals surface area contributed by atoms with E-state index < -0.39 is 35.9 Å². The highest BCUT2D eigenvalue weighted by atomic mass is 35.5. The molecule has 1 fully saturated rings. The van der Waals surface area contributed by atoms with E-state index in [2.05, 4.69) is 27.7 Å². The number of urea groups is 1. The maximum absolute atomic E-state index is 15.0. The van der Waals surface area contributed by atoms with Gasteiger partial charge < -0.3 is 49.0 Å². The van der Waals surface area contributed by atoms with Gasteiger partial charge in [-0.3, -0.25) is 29.0 Å². The minimum absolute atomic E-state index is 0.0145. The highest BCUT2D eigenvalue weighted by molar-refractivity contribution is 6.30. The summed E-state index contributed by atoms with van der Waals surface area (Å²) in [5.41, 5.74) is 9.82. The standard InChI is InChI=1S/C58H66ClFN12O9/c1-9-37(10-2)53-52(38-11-13-39(59)14-12-38)65-55(43-18-16-41(77-8)30-48(43)80-35(3)4)72(53)58(76)70-22-21-69(50(74)34-70)24-26-79-28-27-78-25-19-49(73)67(6)20-23-71-47-33-68(7)57(75)42-17-15-40(60)29-44(42)36(5)81-56-54(62)63-32-46(64-56)51(47)45(31-61)66-71/h9-18,29-30,32,35-36,52-53H,1,19-28,33-34H2,2-8H3,(H2,62,63)/b37-10+/t36-,52-,53+/m1/s1. The van der Waals surface area contributed by atoms with E-state index in [1.807, 2.05) is 45.0 Å². The van der Waals surface area contributed by atoms with E-state index in [4.69, 9.17) is 46.0 Å². The van der Waals surface area contributed by atoms with Crippen molar-refractivity contribution in [3.05, 3.63) is 136 Å². The fourth-order valence-electron chi connectivity index (χ4n) is 9.82. The minimum atomic E-state index is -0.843. The lowest BCUT2D eigenvalue weighted by Crippen LogP contribution is -2.58. The summed E-state index contributed by atoms with van der Waals surface area (Å²) in [6.07, 6.45) is 4.03. The predicted molar refractivity (Wildman–Crippen MR) is 300 cm³/mol. The Hall–Kier alpha value is -8.39. The van der Waals surface area contributed by atoms with Crippen molar-refractivity contribution >= 4 is 47.0 Å². The number of benzene rings is 3. The number of carbonyl (C=O) groups excluding carboxylic acids is 4. The van der Waals surface area contributed by atoms with Gasteiger partial charge in [-0.2, -0.15) is 10.4 Å². The Morgan fingerprint density at radius 1 is 1.02 bits per heavy atom. The number of nitrogens with zero attached hydrogens (tertiary/aromatic N) is 11. The van der Waals surface area contributed by atoms with Crippen LogP contribution in [0.3, 0.4) is 0 Å². The van der Waals surface area contributed by atoms with Crippen molar-refractivity contribution in [2.45, 2.75) is 71.5 Å². The third kappa shape index (κ3) is 13.3. The molecule has 2 bridgehead atoms. The molecule has 5 amide bonds. The Morgan fingerprint density at radius 2 is 1.77 bits per heavy atom. The maximum atomic E-state index is 15.0. The molecule has 0 spiro atoms. The van der Waals surface area contributed by atoms with Gasteiger partial charge in [-0.25, -0.2) is 19.2 Å². The topological polar surface area (TPSA) is 236 Å². The van der Waals surface area contributed by atoms with Crippen LogP contribution in [0.15, 0.2) is 96.2 Å². The van der Waals surface area contributed by atoms with E-state index in [-0.39, 0.29) is 124 Å². The van der Waals surface area contributed by atoms with Crippen molar-refractivity contribution < 1.29 is 47.3 Å². The largest absolute Gasteiger partial charge is 0.497 e. The molecule has 3 atom stereocenters. The summed E-state index contributed by atoms with van der Waals surface area (Å²) >= 11 is 6.31. The molecule has 426 valence electrons. The fourth-order valence-corrected chi connectivity index (χ4v) is 9.95. The Balaban J connectivity index is 0.832. The second kappa shape index (κ2) is 26.3. The third-order valence-corrected chi connectivity index (χ3v) is 14.3. The molecule has 8 rings (SSSR count). The number of fused-ring (bicyclic) bond motifs is 5. The van der Waals surface area contributed by atoms with E-state index >= 15 is 0 Å². The number of hydrogen-bond donors (Lipinski definition) is 1. The van der Waals surface area contributed by atoms with Crippen LogP contribution in [0.1, 0.15) is 84.7 Å². The maximum Gasteiger partial charge on any atom is 0.326 e. The number of carbonyl (C=O) groups is 4. The number of ether oxygens (including phenoxy) is 5. The summed E-state index contributed by atoms with van der Waals surface area (Å²) in [6, 6.07) is 17.1. The number of anilines is 1. The number of piperazine rings is 1. The van der Waals surface area contributed by atoms with E-state index in [1.54, 1.807) is 73.0 Å². The van der Waals surface area contributed by atoms with Crippen LogP contribution in [-0.2, 0) is 32.2 Å². The van der Waals surface area contributed by atoms with Crippen LogP contribution in [0.25, 0.3) is 11.3 Å². The molecule has 23 heteroatoms. The average molecular weight is 1130 g/mol. The number of hydrogen-bond acceptors (Lipinski definition) is 15. The van der Waals surface area contributed by atoms with Gasteiger partial charge in [-0.05, 0) is 81.3 Å². The lowest BCUT2D eigenvalue weighted by molar-refractivity contribution is -0.135. The number of nitriles is 1. The molecule has 1 saturated heterocycles. The predicted octanol–water partition coefficient (Wildman–Crippen LogP) is 7.26. The Kier molecular flexibility index (Phi) is 19.0. The van der Waals surface area contributed by atoms with Crippen LogP contribution in [-0.4, -0.2) is 166 Å². The number of amides is 5. The van der Waals surface area contributed by atoms with Gasteiger partial charge in [0, 0.05) is 62.5 Å². The number of amidine groups is 1. The first-order valence-electron chi connectivity index (χ1n) is 26.5. The quantitative estimate of drug-likeness (QED) is 0.0633. The molecule has 0 radical (unpaired) electrons. The second-order valence-electron chi connectivity index (χ2n) is 19.8. The number of aromatic nitrogens is 4. The zero-order valence-corrected chi connectivity index (χ0v) is 47.2. The zero-order valence-electron chi connectivity index (χ0n) is 46.4. The number of likely N-dealkylation sites (N-methyl/N-ethyl adjacent to an activating group) is 1. The molecule has 2 N–H and O–H groups in total. The summed E-state index contributed by atoms with van der Waals surface area (Å²) in [5, 5.41) is 15.4. The third-order valence-electron chi connectivity index (χ3n) is 14.1. The van der Waals surface area contributed by atoms with E-state index in [0.717, 1.165) is 11.1 Å². The smallest absolute Gasteiger partial charge is 0.326 e. The van der Waals surface area contributed by atoms with Crippen molar-refractivity contribution in [1.29, 1.82) is 5.26 Å². The highest BCUT2D eigenvalue weighted by Crippen LogP contribution is 2.41. The molecule has 3 aliphatic rings. The molecule has 5 heterocycles. The van der Waals surface area contributed by atoms with Crippen molar-refractivity contribution in [3.8, 4) is 34.7 Å². The van der Waals surface area contributed by atoms with Gasteiger partial charge >= 0.3 is 6.03 Å². The molecule has 21 nitrogen and oxygen atoms in total. The first kappa shape index (κ1) is 58.8. The van der Waals surface area contributed by atoms with Gasteiger partial charge in [-0.1, -0.05) is 42.5 Å². The lowest BCUT2D eigenvalue weighted by atomic mass is 9.93. The highest BCUT2D eigenvalue weighted by Gasteiger charge is 2.46. The Morgan fingerprint density at radius 3 is 2.46 bits per heavy atom. The number of nitrogen functional groups attached to an aromatic ring is 1. The molecule has 2 aromatic heterocycles. The van der Waals surface area contributed by atoms with Crippen molar-refractivity contribution in [2.75, 3.05) is 86.1 Å². The van der Waals surface area contributed by atoms with Crippen LogP contribution >= 0.6 is 11.6 Å². The molecule has 5 aromatic rings. The number of nitrogens with two attached hydrogens (primary N) is 1. The summed E-state index contributed by atoms with van der Waals surface area (Å²) in [7, 11) is 4.79. The number of allylic oxidation sites excluding steroid dienone is 1. The second-order valence-corrected chi connectivity index (χ2v) is 20.2. The van der Waals surface area contributed by atoms with Crippen LogP contribution in [0.4, 0.5) is 15.0 Å². The summed E-state index contributed by atoms with van der Waals surface area (Å²) < 4.78 is 45.5. The molecular weight excluding hydrogens is 1060 g/mol. The van der Waals surface area contributed by atoms with Crippen LogP contribution in [0, 0.1) is 17.1 Å². The SMILES string of the molecule is C=C/C(=C\C)[C@H]1[C@@H](c2ccc(Cl)cc2)N=C(c2ccc(OC)cc2OC(C)C)N1C(=O)N1CCN(CCOCCOCCC(=O)N(C)CCn2nc(C#N)c3c2CN(C)C(=O)c2ccc(F)cc2[C@@H](C)Oc2nc-3cnc2N)C(=O)C1. The number of rotatable bonds is 19. The van der Waals surface area contributed by atoms with Crippen molar-refractivity contribution in [1.82, 2.24) is 44.2 Å². The first-order valence-corrected chi connectivity index (χ1v) is 26.9. The minimum Gasteiger partial charge on any atom is -0.497 e. The van der Waals surface area contributed by atoms with Gasteiger partial charge in [0.25, 0.3) is 11.8 Å².